The van der Waals surface area contributed by atoms with E-state index in [-0.39, 0.29) is 23.8 Å². The van der Waals surface area contributed by atoms with Crippen molar-refractivity contribution in [2.24, 2.45) is 0 Å². The second kappa shape index (κ2) is 8.18. The normalized spacial score (nSPS) is 23.0. The molecule has 7 heteroatoms. The van der Waals surface area contributed by atoms with Crippen LogP contribution < -0.4 is 15.4 Å². The molecule has 2 aromatic carbocycles. The van der Waals surface area contributed by atoms with Gasteiger partial charge in [0.2, 0.25) is 11.8 Å². The van der Waals surface area contributed by atoms with Crippen LogP contribution in [0, 0.1) is 6.92 Å². The predicted octanol–water partition coefficient (Wildman–Crippen LogP) is 1.44. The molecule has 7 nitrogen and oxygen atoms in total. The number of hydrogen-bond donors (Lipinski definition) is 2. The van der Waals surface area contributed by atoms with Crippen molar-refractivity contribution in [2.45, 2.75) is 37.9 Å². The zero-order valence-corrected chi connectivity index (χ0v) is 17.1. The summed E-state index contributed by atoms with van der Waals surface area (Å²) in [6.45, 7) is 2.30. The van der Waals surface area contributed by atoms with Crippen LogP contribution >= 0.6 is 0 Å². The highest BCUT2D eigenvalue weighted by molar-refractivity contribution is 5.98. The van der Waals surface area contributed by atoms with E-state index in [9.17, 15) is 14.4 Å². The molecule has 0 radical (unpaired) electrons. The van der Waals surface area contributed by atoms with Crippen molar-refractivity contribution < 1.29 is 19.1 Å². The maximum atomic E-state index is 13.0. The Balaban J connectivity index is 1.41. The summed E-state index contributed by atoms with van der Waals surface area (Å²) in [4.78, 5) is 39.7. The van der Waals surface area contributed by atoms with Crippen molar-refractivity contribution in [2.75, 3.05) is 13.7 Å². The maximum Gasteiger partial charge on any atom is 0.251 e. The number of nitrogens with zero attached hydrogens (tertiary/aromatic N) is 1. The minimum absolute atomic E-state index is 0.109. The number of ether oxygens (including phenoxy) is 1. The number of amides is 3. The lowest BCUT2D eigenvalue weighted by molar-refractivity contribution is -0.147. The van der Waals surface area contributed by atoms with E-state index in [0.29, 0.717) is 24.9 Å². The minimum atomic E-state index is -0.603. The molecule has 2 fully saturated rings. The summed E-state index contributed by atoms with van der Waals surface area (Å²) in [5, 5.41) is 5.81. The van der Waals surface area contributed by atoms with Crippen molar-refractivity contribution in [3.63, 3.8) is 0 Å². The Kier molecular flexibility index (Phi) is 5.44. The van der Waals surface area contributed by atoms with Crippen molar-refractivity contribution in [1.82, 2.24) is 15.5 Å². The molecule has 2 N–H and O–H groups in total. The third-order valence-corrected chi connectivity index (χ3v) is 5.75. The highest BCUT2D eigenvalue weighted by Crippen LogP contribution is 2.24. The summed E-state index contributed by atoms with van der Waals surface area (Å²) in [6, 6.07) is 13.4. The van der Waals surface area contributed by atoms with Crippen molar-refractivity contribution in [3.8, 4) is 5.75 Å². The number of fused-ring (bicyclic) bond motifs is 1. The van der Waals surface area contributed by atoms with Gasteiger partial charge in [0.15, 0.2) is 0 Å². The van der Waals surface area contributed by atoms with Crippen molar-refractivity contribution >= 4 is 17.7 Å². The fourth-order valence-corrected chi connectivity index (χ4v) is 4.07. The van der Waals surface area contributed by atoms with Crippen LogP contribution in [0.4, 0.5) is 0 Å². The molecule has 2 saturated heterocycles. The number of rotatable bonds is 5. The Labute approximate surface area is 175 Å². The molecule has 4 rings (SSSR count). The van der Waals surface area contributed by atoms with Gasteiger partial charge in [-0.25, -0.2) is 0 Å². The van der Waals surface area contributed by atoms with Gasteiger partial charge in [0.1, 0.15) is 17.8 Å². The standard InChI is InChI=1S/C23H25N3O4/c1-14-3-7-16(8-4-14)21(27)24-17-12-20-22(28)25-19(23(29)26(20)13-17)11-15-5-9-18(30-2)10-6-15/h3-10,17,19-20H,11-13H2,1-2H3,(H,24,27)(H,25,28)/t17-,19-,20-/m0/s1. The topological polar surface area (TPSA) is 87.7 Å². The molecule has 2 heterocycles. The first-order chi connectivity index (χ1) is 14.4. The van der Waals surface area contributed by atoms with Gasteiger partial charge in [-0.1, -0.05) is 29.8 Å². The molecule has 0 spiro atoms. The monoisotopic (exact) mass is 407 g/mol. The van der Waals surface area contributed by atoms with Crippen LogP contribution in [0.3, 0.4) is 0 Å². The molecule has 3 amide bonds. The highest BCUT2D eigenvalue weighted by Gasteiger charge is 2.46. The SMILES string of the molecule is COc1ccc(C[C@@H]2NC(=O)[C@@H]3C[C@H](NC(=O)c4ccc(C)cc4)CN3C2=O)cc1. The summed E-state index contributed by atoms with van der Waals surface area (Å²) < 4.78 is 5.16. The molecule has 0 aliphatic carbocycles. The van der Waals surface area contributed by atoms with E-state index >= 15 is 0 Å². The number of aryl methyl sites for hydroxylation is 1. The first-order valence-corrected chi connectivity index (χ1v) is 10.1. The van der Waals surface area contributed by atoms with Crippen molar-refractivity contribution in [3.05, 3.63) is 65.2 Å². The van der Waals surface area contributed by atoms with Gasteiger partial charge in [-0.05, 0) is 43.2 Å². The lowest BCUT2D eigenvalue weighted by Gasteiger charge is -2.34. The second-order valence-corrected chi connectivity index (χ2v) is 7.89. The summed E-state index contributed by atoms with van der Waals surface area (Å²) in [6.07, 6.45) is 0.836. The molecule has 2 aliphatic heterocycles. The number of methoxy groups -OCH3 is 1. The Morgan fingerprint density at radius 3 is 2.50 bits per heavy atom. The summed E-state index contributed by atoms with van der Waals surface area (Å²) >= 11 is 0. The lowest BCUT2D eigenvalue weighted by Crippen LogP contribution is -2.61. The van der Waals surface area contributed by atoms with Crippen LogP contribution in [-0.2, 0) is 16.0 Å². The van der Waals surface area contributed by atoms with Gasteiger partial charge in [-0.3, -0.25) is 14.4 Å². The van der Waals surface area contributed by atoms with E-state index in [4.69, 9.17) is 4.74 Å². The van der Waals surface area contributed by atoms with Gasteiger partial charge in [0, 0.05) is 24.6 Å². The molecule has 0 bridgehead atoms. The third-order valence-electron chi connectivity index (χ3n) is 5.75. The molecule has 3 atom stereocenters. The summed E-state index contributed by atoms with van der Waals surface area (Å²) in [7, 11) is 1.60. The van der Waals surface area contributed by atoms with Gasteiger partial charge in [-0.2, -0.15) is 0 Å². The van der Waals surface area contributed by atoms with E-state index in [1.165, 1.54) is 0 Å². The maximum absolute atomic E-state index is 13.0. The third kappa shape index (κ3) is 4.01. The van der Waals surface area contributed by atoms with Crippen LogP contribution in [0.5, 0.6) is 5.75 Å². The van der Waals surface area contributed by atoms with Crippen molar-refractivity contribution in [1.29, 1.82) is 0 Å². The first kappa shape index (κ1) is 19.9. The highest BCUT2D eigenvalue weighted by atomic mass is 16.5. The number of nitrogens with one attached hydrogen (secondary N) is 2. The smallest absolute Gasteiger partial charge is 0.251 e. The van der Waals surface area contributed by atoms with Crippen LogP contribution in [0.15, 0.2) is 48.5 Å². The first-order valence-electron chi connectivity index (χ1n) is 10.1. The van der Waals surface area contributed by atoms with E-state index < -0.39 is 12.1 Å². The van der Waals surface area contributed by atoms with Crippen LogP contribution in [0.1, 0.15) is 27.9 Å². The Hall–Kier alpha value is -3.35. The minimum Gasteiger partial charge on any atom is -0.497 e. The second-order valence-electron chi connectivity index (χ2n) is 7.89. The molecule has 0 aromatic heterocycles. The average molecular weight is 407 g/mol. The fraction of sp³-hybridized carbons (Fsp3) is 0.348. The van der Waals surface area contributed by atoms with Gasteiger partial charge < -0.3 is 20.3 Å². The summed E-state index contributed by atoms with van der Waals surface area (Å²) in [5.74, 6) is 0.273. The number of carbonyl (C=O) groups is 3. The predicted molar refractivity (Wildman–Crippen MR) is 111 cm³/mol. The van der Waals surface area contributed by atoms with Crippen LogP contribution in [-0.4, -0.2) is 54.4 Å². The van der Waals surface area contributed by atoms with Gasteiger partial charge >= 0.3 is 0 Å². The lowest BCUT2D eigenvalue weighted by atomic mass is 10.0. The van der Waals surface area contributed by atoms with Gasteiger partial charge in [-0.15, -0.1) is 0 Å². The summed E-state index contributed by atoms with van der Waals surface area (Å²) in [5.41, 5.74) is 2.59. The zero-order valence-electron chi connectivity index (χ0n) is 17.1. The Morgan fingerprint density at radius 1 is 1.13 bits per heavy atom. The fourth-order valence-electron chi connectivity index (χ4n) is 4.07. The molecule has 30 heavy (non-hydrogen) atoms. The Morgan fingerprint density at radius 2 is 1.83 bits per heavy atom. The Bertz CT molecular complexity index is 955. The van der Waals surface area contributed by atoms with E-state index in [2.05, 4.69) is 10.6 Å². The molecular weight excluding hydrogens is 382 g/mol. The molecule has 156 valence electrons. The van der Waals surface area contributed by atoms with Crippen LogP contribution in [0.25, 0.3) is 0 Å². The quantitative estimate of drug-likeness (QED) is 0.785. The molecule has 2 aliphatic rings. The molecule has 0 saturated carbocycles. The van der Waals surface area contributed by atoms with E-state index in [1.807, 2.05) is 43.3 Å². The molecule has 0 unspecified atom stereocenters. The van der Waals surface area contributed by atoms with E-state index in [0.717, 1.165) is 16.9 Å². The molecular formula is C23H25N3O4. The zero-order chi connectivity index (χ0) is 21.3. The number of piperazine rings is 1. The van der Waals surface area contributed by atoms with Crippen LogP contribution in [0.2, 0.25) is 0 Å². The largest absolute Gasteiger partial charge is 0.497 e. The number of benzene rings is 2. The van der Waals surface area contributed by atoms with Gasteiger partial charge in [0.25, 0.3) is 5.91 Å². The average Bonchev–Trinajstić information content (AvgIpc) is 3.17. The number of hydrogen-bond acceptors (Lipinski definition) is 4. The molecule has 2 aromatic rings. The van der Waals surface area contributed by atoms with E-state index in [1.54, 1.807) is 24.1 Å². The van der Waals surface area contributed by atoms with Gasteiger partial charge in [0.05, 0.1) is 7.11 Å². The number of carbonyl (C=O) groups excluding carboxylic acids is 3.